The van der Waals surface area contributed by atoms with E-state index in [0.29, 0.717) is 13.2 Å². The Morgan fingerprint density at radius 2 is 1.90 bits per heavy atom. The molecule has 1 aliphatic heterocycles. The first-order chi connectivity index (χ1) is 13.7. The van der Waals surface area contributed by atoms with Crippen molar-refractivity contribution in [2.45, 2.75) is 52.6 Å². The molecule has 5 nitrogen and oxygen atoms in total. The minimum atomic E-state index is -0.404. The van der Waals surface area contributed by atoms with Crippen LogP contribution in [0.25, 0.3) is 0 Å². The lowest BCUT2D eigenvalue weighted by Crippen LogP contribution is -2.52. The smallest absolute Gasteiger partial charge is 0.242 e. The first-order valence-corrected chi connectivity index (χ1v) is 10.9. The van der Waals surface area contributed by atoms with Crippen molar-refractivity contribution in [1.29, 1.82) is 0 Å². The third kappa shape index (κ3) is 4.99. The van der Waals surface area contributed by atoms with E-state index in [9.17, 15) is 9.59 Å². The van der Waals surface area contributed by atoms with Crippen LogP contribution in [0.1, 0.15) is 49.7 Å². The highest BCUT2D eigenvalue weighted by atomic mass is 32.1. The van der Waals surface area contributed by atoms with Crippen LogP contribution in [-0.2, 0) is 16.0 Å². The van der Waals surface area contributed by atoms with Gasteiger partial charge in [0.05, 0.1) is 6.04 Å². The van der Waals surface area contributed by atoms with Crippen LogP contribution < -0.4 is 4.74 Å². The molecule has 0 spiro atoms. The van der Waals surface area contributed by atoms with Crippen LogP contribution in [0.3, 0.4) is 0 Å². The number of carbonyl (C=O) groups excluding carboxylic acids is 2. The number of aryl methyl sites for hydroxylation is 1. The van der Waals surface area contributed by atoms with Crippen LogP contribution in [0.15, 0.2) is 35.7 Å². The van der Waals surface area contributed by atoms with E-state index in [1.165, 1.54) is 17.4 Å². The van der Waals surface area contributed by atoms with E-state index >= 15 is 0 Å². The van der Waals surface area contributed by atoms with E-state index in [2.05, 4.69) is 11.4 Å². The summed E-state index contributed by atoms with van der Waals surface area (Å²) in [5.41, 5.74) is 1.93. The van der Waals surface area contributed by atoms with E-state index in [4.69, 9.17) is 4.74 Å². The quantitative estimate of drug-likeness (QED) is 0.736. The largest absolute Gasteiger partial charge is 0.491 e. The fourth-order valence-corrected chi connectivity index (χ4v) is 4.66. The molecule has 0 aliphatic carbocycles. The summed E-state index contributed by atoms with van der Waals surface area (Å²) in [6.07, 6.45) is 0.843. The van der Waals surface area contributed by atoms with E-state index in [1.807, 2.05) is 56.9 Å². The molecule has 0 fully saturated rings. The molecule has 1 aliphatic rings. The molecular weight excluding hydrogens is 384 g/mol. The van der Waals surface area contributed by atoms with Crippen molar-refractivity contribution in [1.82, 2.24) is 9.80 Å². The summed E-state index contributed by atoms with van der Waals surface area (Å²) in [5, 5.41) is 2.08. The SMILES string of the molecule is CC(=O)N(CC(=O)N1CCc2sccc2[C@H]1COc1ccc(C)cc1)C(C)(C)C. The molecule has 0 N–H and O–H groups in total. The number of ether oxygens (including phenoxy) is 1. The zero-order chi connectivity index (χ0) is 21.2. The van der Waals surface area contributed by atoms with Gasteiger partial charge >= 0.3 is 0 Å². The van der Waals surface area contributed by atoms with Gasteiger partial charge in [0.15, 0.2) is 0 Å². The zero-order valence-electron chi connectivity index (χ0n) is 17.9. The Balaban J connectivity index is 1.79. The molecule has 2 aromatic rings. The van der Waals surface area contributed by atoms with Gasteiger partial charge in [-0.1, -0.05) is 17.7 Å². The molecule has 2 amide bonds. The number of fused-ring (bicyclic) bond motifs is 1. The van der Waals surface area contributed by atoms with Crippen LogP contribution in [0.2, 0.25) is 0 Å². The highest BCUT2D eigenvalue weighted by molar-refractivity contribution is 7.10. The van der Waals surface area contributed by atoms with Gasteiger partial charge in [-0.2, -0.15) is 0 Å². The molecule has 29 heavy (non-hydrogen) atoms. The zero-order valence-corrected chi connectivity index (χ0v) is 18.7. The number of benzene rings is 1. The highest BCUT2D eigenvalue weighted by Crippen LogP contribution is 2.34. The number of hydrogen-bond acceptors (Lipinski definition) is 4. The number of nitrogens with zero attached hydrogens (tertiary/aromatic N) is 2. The monoisotopic (exact) mass is 414 g/mol. The Hall–Kier alpha value is -2.34. The van der Waals surface area contributed by atoms with Gasteiger partial charge in [0.2, 0.25) is 11.8 Å². The van der Waals surface area contributed by atoms with Crippen LogP contribution in [0, 0.1) is 6.92 Å². The number of rotatable bonds is 5. The van der Waals surface area contributed by atoms with E-state index in [1.54, 1.807) is 16.2 Å². The molecule has 3 rings (SSSR count). The maximum Gasteiger partial charge on any atom is 0.242 e. The maximum atomic E-state index is 13.2. The van der Waals surface area contributed by atoms with Gasteiger partial charge in [-0.25, -0.2) is 0 Å². The highest BCUT2D eigenvalue weighted by Gasteiger charge is 2.35. The lowest BCUT2D eigenvalue weighted by atomic mass is 10.00. The Morgan fingerprint density at radius 3 is 2.52 bits per heavy atom. The third-order valence-electron chi connectivity index (χ3n) is 5.33. The van der Waals surface area contributed by atoms with Gasteiger partial charge in [-0.3, -0.25) is 9.59 Å². The van der Waals surface area contributed by atoms with Crippen molar-refractivity contribution >= 4 is 23.2 Å². The summed E-state index contributed by atoms with van der Waals surface area (Å²) in [7, 11) is 0. The summed E-state index contributed by atoms with van der Waals surface area (Å²) in [6, 6.07) is 9.89. The summed E-state index contributed by atoms with van der Waals surface area (Å²) >= 11 is 1.73. The standard InChI is InChI=1S/C23H30N2O3S/c1-16-6-8-18(9-7-16)28-15-20-19-11-13-29-21(19)10-12-24(20)22(27)14-25(17(2)26)23(3,4)5/h6-9,11,13,20H,10,12,14-15H2,1-5H3/t20-/m1/s1. The summed E-state index contributed by atoms with van der Waals surface area (Å²) in [5.74, 6) is 0.668. The minimum Gasteiger partial charge on any atom is -0.491 e. The normalized spacial score (nSPS) is 16.3. The van der Waals surface area contributed by atoms with Gasteiger partial charge in [0, 0.05) is 23.9 Å². The van der Waals surface area contributed by atoms with Crippen LogP contribution in [0.4, 0.5) is 0 Å². The first kappa shape index (κ1) is 21.4. The fraction of sp³-hybridized carbons (Fsp3) is 0.478. The van der Waals surface area contributed by atoms with Gasteiger partial charge in [0.25, 0.3) is 0 Å². The third-order valence-corrected chi connectivity index (χ3v) is 6.32. The van der Waals surface area contributed by atoms with Crippen molar-refractivity contribution < 1.29 is 14.3 Å². The number of hydrogen-bond donors (Lipinski definition) is 0. The molecule has 1 atom stereocenters. The number of amides is 2. The predicted molar refractivity (Wildman–Crippen MR) is 116 cm³/mol. The molecule has 0 bridgehead atoms. The average Bonchev–Trinajstić information content (AvgIpc) is 3.13. The lowest BCUT2D eigenvalue weighted by Gasteiger charge is -2.39. The van der Waals surface area contributed by atoms with Gasteiger partial charge in [-0.05, 0) is 63.3 Å². The van der Waals surface area contributed by atoms with Crippen molar-refractivity contribution in [2.75, 3.05) is 19.7 Å². The second kappa shape index (κ2) is 8.57. The molecule has 0 radical (unpaired) electrons. The summed E-state index contributed by atoms with van der Waals surface area (Å²) < 4.78 is 6.06. The maximum absolute atomic E-state index is 13.2. The van der Waals surface area contributed by atoms with Crippen LogP contribution in [0.5, 0.6) is 5.75 Å². The minimum absolute atomic E-state index is 0.0375. The summed E-state index contributed by atoms with van der Waals surface area (Å²) in [6.45, 7) is 10.5. The van der Waals surface area contributed by atoms with Gasteiger partial charge in [-0.15, -0.1) is 11.3 Å². The Kier molecular flexibility index (Phi) is 6.32. The molecule has 1 aromatic heterocycles. The lowest BCUT2D eigenvalue weighted by molar-refractivity contribution is -0.145. The fourth-order valence-electron chi connectivity index (χ4n) is 3.73. The van der Waals surface area contributed by atoms with Gasteiger partial charge < -0.3 is 14.5 Å². The molecular formula is C23H30N2O3S. The topological polar surface area (TPSA) is 49.9 Å². The molecule has 2 heterocycles. The molecule has 156 valence electrons. The average molecular weight is 415 g/mol. The summed E-state index contributed by atoms with van der Waals surface area (Å²) in [4.78, 5) is 30.2. The van der Waals surface area contributed by atoms with Gasteiger partial charge in [0.1, 0.15) is 18.9 Å². The first-order valence-electron chi connectivity index (χ1n) is 10.00. The van der Waals surface area contributed by atoms with Crippen LogP contribution in [-0.4, -0.2) is 46.8 Å². The number of carbonyl (C=O) groups is 2. The van der Waals surface area contributed by atoms with Crippen molar-refractivity contribution in [3.8, 4) is 5.75 Å². The second-order valence-corrected chi connectivity index (χ2v) is 9.55. The Morgan fingerprint density at radius 1 is 1.21 bits per heavy atom. The Labute approximate surface area is 177 Å². The van der Waals surface area contributed by atoms with E-state index in [0.717, 1.165) is 17.7 Å². The second-order valence-electron chi connectivity index (χ2n) is 8.55. The Bertz CT molecular complexity index is 867. The van der Waals surface area contributed by atoms with E-state index < -0.39 is 5.54 Å². The van der Waals surface area contributed by atoms with Crippen LogP contribution >= 0.6 is 11.3 Å². The van der Waals surface area contributed by atoms with Crippen molar-refractivity contribution in [3.63, 3.8) is 0 Å². The molecule has 6 heteroatoms. The number of thiophene rings is 1. The molecule has 1 aromatic carbocycles. The molecule has 0 saturated carbocycles. The molecule has 0 saturated heterocycles. The molecule has 0 unspecified atom stereocenters. The van der Waals surface area contributed by atoms with Crippen molar-refractivity contribution in [3.05, 3.63) is 51.7 Å². The van der Waals surface area contributed by atoms with Crippen molar-refractivity contribution in [2.24, 2.45) is 0 Å². The van der Waals surface area contributed by atoms with E-state index in [-0.39, 0.29) is 24.4 Å². The predicted octanol–water partition coefficient (Wildman–Crippen LogP) is 4.21.